The maximum atomic E-state index is 5.78. The van der Waals surface area contributed by atoms with Crippen molar-refractivity contribution >= 4 is 0 Å². The van der Waals surface area contributed by atoms with E-state index in [2.05, 4.69) is 33.0 Å². The third-order valence-corrected chi connectivity index (χ3v) is 2.17. The van der Waals surface area contributed by atoms with Crippen molar-refractivity contribution in [1.29, 1.82) is 0 Å². The van der Waals surface area contributed by atoms with Gasteiger partial charge in [-0.3, -0.25) is 0 Å². The van der Waals surface area contributed by atoms with Crippen LogP contribution >= 0.6 is 0 Å². The Bertz CT molecular complexity index is 104. The molecule has 0 aliphatic carbocycles. The number of nitrogens with one attached hydrogen (secondary N) is 1. The van der Waals surface area contributed by atoms with Gasteiger partial charge >= 0.3 is 0 Å². The van der Waals surface area contributed by atoms with Crippen molar-refractivity contribution in [3.63, 3.8) is 0 Å². The van der Waals surface area contributed by atoms with E-state index in [0.29, 0.717) is 12.0 Å². The minimum Gasteiger partial charge on any atom is -0.377 e. The highest BCUT2D eigenvalue weighted by atomic mass is 16.5. The predicted octanol–water partition coefficient (Wildman–Crippen LogP) is 2.44. The smallest absolute Gasteiger partial charge is 0.0722 e. The van der Waals surface area contributed by atoms with Crippen LogP contribution in [0.15, 0.2) is 0 Å². The second-order valence-electron chi connectivity index (χ2n) is 3.81. The van der Waals surface area contributed by atoms with Crippen LogP contribution in [-0.4, -0.2) is 25.8 Å². The fourth-order valence-electron chi connectivity index (χ4n) is 1.15. The van der Waals surface area contributed by atoms with Crippen molar-refractivity contribution in [3.8, 4) is 0 Å². The Hall–Kier alpha value is -0.0800. The molecular formula is C11H25NO. The van der Waals surface area contributed by atoms with Gasteiger partial charge in [0.2, 0.25) is 0 Å². The van der Waals surface area contributed by atoms with Gasteiger partial charge < -0.3 is 10.1 Å². The van der Waals surface area contributed by atoms with Gasteiger partial charge in [0, 0.05) is 13.2 Å². The van der Waals surface area contributed by atoms with Gasteiger partial charge in [0.15, 0.2) is 0 Å². The number of ether oxygens (including phenoxy) is 1. The lowest BCUT2D eigenvalue weighted by molar-refractivity contribution is 0.0217. The predicted molar refractivity (Wildman–Crippen MR) is 58.0 cm³/mol. The molecule has 1 N–H and O–H groups in total. The van der Waals surface area contributed by atoms with Crippen LogP contribution in [0.4, 0.5) is 0 Å². The summed E-state index contributed by atoms with van der Waals surface area (Å²) in [4.78, 5) is 0. The number of likely N-dealkylation sites (N-methyl/N-ethyl adjacent to an activating group) is 1. The second-order valence-corrected chi connectivity index (χ2v) is 3.81. The largest absolute Gasteiger partial charge is 0.377 e. The lowest BCUT2D eigenvalue weighted by Gasteiger charge is -2.21. The minimum atomic E-state index is 0.381. The van der Waals surface area contributed by atoms with Gasteiger partial charge in [0.25, 0.3) is 0 Å². The van der Waals surface area contributed by atoms with Gasteiger partial charge in [-0.05, 0) is 18.9 Å². The van der Waals surface area contributed by atoms with E-state index in [0.717, 1.165) is 19.7 Å². The molecule has 0 aliphatic rings. The van der Waals surface area contributed by atoms with Gasteiger partial charge in [-0.15, -0.1) is 0 Å². The molecule has 0 amide bonds. The van der Waals surface area contributed by atoms with Gasteiger partial charge in [-0.25, -0.2) is 0 Å². The summed E-state index contributed by atoms with van der Waals surface area (Å²) >= 11 is 0. The summed E-state index contributed by atoms with van der Waals surface area (Å²) in [5, 5.41) is 3.33. The van der Waals surface area contributed by atoms with Crippen molar-refractivity contribution in [2.45, 2.75) is 46.6 Å². The average Bonchev–Trinajstić information content (AvgIpc) is 2.10. The Morgan fingerprint density at radius 1 is 1.23 bits per heavy atom. The third kappa shape index (κ3) is 7.03. The fourth-order valence-corrected chi connectivity index (χ4v) is 1.15. The molecule has 1 unspecified atom stereocenters. The van der Waals surface area contributed by atoms with Gasteiger partial charge in [-0.1, -0.05) is 34.1 Å². The summed E-state index contributed by atoms with van der Waals surface area (Å²) < 4.78 is 5.78. The molecule has 0 rings (SSSR count). The highest BCUT2D eigenvalue weighted by molar-refractivity contribution is 4.65. The first kappa shape index (κ1) is 12.9. The standard InChI is InChI=1S/C11H25NO/c1-5-7-8-13-11(10(3)4)9-12-6-2/h10-12H,5-9H2,1-4H3. The molecule has 0 saturated carbocycles. The molecular weight excluding hydrogens is 162 g/mol. The van der Waals surface area contributed by atoms with Crippen LogP contribution in [0.3, 0.4) is 0 Å². The molecule has 2 heteroatoms. The monoisotopic (exact) mass is 187 g/mol. The zero-order chi connectivity index (χ0) is 10.1. The molecule has 0 fully saturated rings. The molecule has 0 spiro atoms. The number of hydrogen-bond acceptors (Lipinski definition) is 2. The Labute approximate surface area is 83.1 Å². The number of hydrogen-bond donors (Lipinski definition) is 1. The Morgan fingerprint density at radius 3 is 2.38 bits per heavy atom. The van der Waals surface area contributed by atoms with Crippen LogP contribution in [0, 0.1) is 5.92 Å². The first-order valence-corrected chi connectivity index (χ1v) is 5.54. The SMILES string of the molecule is CCCCOC(CNCC)C(C)C. The van der Waals surface area contributed by atoms with E-state index in [-0.39, 0.29) is 0 Å². The van der Waals surface area contributed by atoms with E-state index < -0.39 is 0 Å². The Balaban J connectivity index is 3.54. The van der Waals surface area contributed by atoms with E-state index in [1.165, 1.54) is 12.8 Å². The molecule has 0 aromatic carbocycles. The van der Waals surface area contributed by atoms with E-state index in [9.17, 15) is 0 Å². The summed E-state index contributed by atoms with van der Waals surface area (Å²) in [5.41, 5.74) is 0. The van der Waals surface area contributed by atoms with Gasteiger partial charge in [-0.2, -0.15) is 0 Å². The molecule has 0 aromatic heterocycles. The van der Waals surface area contributed by atoms with E-state index in [4.69, 9.17) is 4.74 Å². The average molecular weight is 187 g/mol. The highest BCUT2D eigenvalue weighted by Gasteiger charge is 2.12. The quantitative estimate of drug-likeness (QED) is 0.589. The normalized spacial score (nSPS) is 13.6. The van der Waals surface area contributed by atoms with Crippen LogP contribution in [0.2, 0.25) is 0 Å². The molecule has 2 nitrogen and oxygen atoms in total. The lowest BCUT2D eigenvalue weighted by atomic mass is 10.1. The Morgan fingerprint density at radius 2 is 1.92 bits per heavy atom. The topological polar surface area (TPSA) is 21.3 Å². The fraction of sp³-hybridized carbons (Fsp3) is 1.00. The van der Waals surface area contributed by atoms with Crippen molar-refractivity contribution in [1.82, 2.24) is 5.32 Å². The van der Waals surface area contributed by atoms with Crippen molar-refractivity contribution < 1.29 is 4.74 Å². The van der Waals surface area contributed by atoms with E-state index in [1.807, 2.05) is 0 Å². The molecule has 80 valence electrons. The lowest BCUT2D eigenvalue weighted by Crippen LogP contribution is -2.33. The second kappa shape index (κ2) is 8.52. The maximum Gasteiger partial charge on any atom is 0.0722 e. The first-order valence-electron chi connectivity index (χ1n) is 5.54. The van der Waals surface area contributed by atoms with Crippen molar-refractivity contribution in [2.75, 3.05) is 19.7 Å². The zero-order valence-electron chi connectivity index (χ0n) is 9.60. The summed E-state index contributed by atoms with van der Waals surface area (Å²) in [6, 6.07) is 0. The summed E-state index contributed by atoms with van der Waals surface area (Å²) in [5.74, 6) is 0.607. The summed E-state index contributed by atoms with van der Waals surface area (Å²) in [6.07, 6.45) is 2.77. The van der Waals surface area contributed by atoms with E-state index >= 15 is 0 Å². The third-order valence-electron chi connectivity index (χ3n) is 2.17. The van der Waals surface area contributed by atoms with Crippen LogP contribution < -0.4 is 5.32 Å². The number of rotatable bonds is 8. The van der Waals surface area contributed by atoms with Crippen LogP contribution in [0.25, 0.3) is 0 Å². The molecule has 13 heavy (non-hydrogen) atoms. The molecule has 1 atom stereocenters. The van der Waals surface area contributed by atoms with Crippen molar-refractivity contribution in [2.24, 2.45) is 5.92 Å². The highest BCUT2D eigenvalue weighted by Crippen LogP contribution is 2.06. The molecule has 0 bridgehead atoms. The summed E-state index contributed by atoms with van der Waals surface area (Å²) in [7, 11) is 0. The maximum absolute atomic E-state index is 5.78. The minimum absolute atomic E-state index is 0.381. The van der Waals surface area contributed by atoms with Crippen LogP contribution in [0.5, 0.6) is 0 Å². The van der Waals surface area contributed by atoms with Gasteiger partial charge in [0.05, 0.1) is 6.10 Å². The van der Waals surface area contributed by atoms with Crippen LogP contribution in [-0.2, 0) is 4.74 Å². The molecule has 0 heterocycles. The summed E-state index contributed by atoms with van der Waals surface area (Å²) in [6.45, 7) is 11.7. The van der Waals surface area contributed by atoms with Gasteiger partial charge in [0.1, 0.15) is 0 Å². The molecule has 0 aliphatic heterocycles. The van der Waals surface area contributed by atoms with Crippen LogP contribution in [0.1, 0.15) is 40.5 Å². The molecule has 0 radical (unpaired) electrons. The first-order chi connectivity index (χ1) is 6.22. The van der Waals surface area contributed by atoms with Crippen molar-refractivity contribution in [3.05, 3.63) is 0 Å². The number of unbranched alkanes of at least 4 members (excludes halogenated alkanes) is 1. The molecule has 0 saturated heterocycles. The van der Waals surface area contributed by atoms with E-state index in [1.54, 1.807) is 0 Å². The zero-order valence-corrected chi connectivity index (χ0v) is 9.60. The Kier molecular flexibility index (Phi) is 8.46. The molecule has 0 aromatic rings.